The third kappa shape index (κ3) is 2.88. The van der Waals surface area contributed by atoms with Crippen LogP contribution in [0.15, 0.2) is 22.8 Å². The van der Waals surface area contributed by atoms with Crippen molar-refractivity contribution in [3.05, 3.63) is 24.2 Å². The Morgan fingerprint density at radius 2 is 2.31 bits per heavy atom. The molecule has 1 heterocycles. The average Bonchev–Trinajstić information content (AvgIpc) is 2.80. The molecule has 0 bridgehead atoms. The number of hydrogen-bond acceptors (Lipinski definition) is 2. The van der Waals surface area contributed by atoms with Gasteiger partial charge in [0, 0.05) is 6.04 Å². The van der Waals surface area contributed by atoms with E-state index in [1.54, 1.807) is 6.26 Å². The fraction of sp³-hybridized carbons (Fsp3) is 0.714. The van der Waals surface area contributed by atoms with Gasteiger partial charge in [-0.25, -0.2) is 0 Å². The van der Waals surface area contributed by atoms with E-state index in [4.69, 9.17) is 4.42 Å². The van der Waals surface area contributed by atoms with Crippen molar-refractivity contribution >= 4 is 0 Å². The van der Waals surface area contributed by atoms with Crippen LogP contribution in [0.1, 0.15) is 45.3 Å². The Labute approximate surface area is 98.4 Å². The van der Waals surface area contributed by atoms with Crippen molar-refractivity contribution in [2.45, 2.75) is 52.1 Å². The Kier molecular flexibility index (Phi) is 4.05. The Hall–Kier alpha value is -0.760. The van der Waals surface area contributed by atoms with Crippen molar-refractivity contribution in [3.63, 3.8) is 0 Å². The molecule has 0 aromatic carbocycles. The number of furan rings is 1. The molecular weight excluding hydrogens is 198 g/mol. The van der Waals surface area contributed by atoms with Gasteiger partial charge in [0.25, 0.3) is 0 Å². The topological polar surface area (TPSA) is 25.2 Å². The van der Waals surface area contributed by atoms with Gasteiger partial charge in [0.05, 0.1) is 12.8 Å². The summed E-state index contributed by atoms with van der Waals surface area (Å²) in [4.78, 5) is 0. The molecule has 90 valence electrons. The number of nitrogens with one attached hydrogen (secondary N) is 1. The maximum absolute atomic E-state index is 5.35. The van der Waals surface area contributed by atoms with E-state index in [0.717, 1.165) is 24.1 Å². The predicted octanol–water partition coefficient (Wildman–Crippen LogP) is 3.58. The van der Waals surface area contributed by atoms with Crippen molar-refractivity contribution in [3.8, 4) is 0 Å². The average molecular weight is 221 g/mol. The minimum Gasteiger partial charge on any atom is -0.468 e. The van der Waals surface area contributed by atoms with Crippen LogP contribution in [0.5, 0.6) is 0 Å². The van der Waals surface area contributed by atoms with Crippen molar-refractivity contribution in [2.24, 2.45) is 11.8 Å². The molecule has 3 unspecified atom stereocenters. The maximum Gasteiger partial charge on any atom is 0.117 e. The van der Waals surface area contributed by atoms with E-state index in [1.807, 2.05) is 12.1 Å². The molecule has 1 aliphatic carbocycles. The second-order valence-electron chi connectivity index (χ2n) is 5.15. The summed E-state index contributed by atoms with van der Waals surface area (Å²) in [5, 5.41) is 3.65. The molecule has 0 saturated heterocycles. The highest BCUT2D eigenvalue weighted by atomic mass is 16.3. The van der Waals surface area contributed by atoms with Gasteiger partial charge in [0.1, 0.15) is 5.76 Å². The summed E-state index contributed by atoms with van der Waals surface area (Å²) in [6.07, 6.45) is 7.11. The molecule has 2 nitrogen and oxygen atoms in total. The molecule has 1 aliphatic rings. The third-order valence-corrected chi connectivity index (χ3v) is 3.89. The van der Waals surface area contributed by atoms with E-state index >= 15 is 0 Å². The Balaban J connectivity index is 1.83. The largest absolute Gasteiger partial charge is 0.468 e. The predicted molar refractivity (Wildman–Crippen MR) is 66.1 cm³/mol. The van der Waals surface area contributed by atoms with Crippen molar-refractivity contribution in [1.29, 1.82) is 0 Å². The lowest BCUT2D eigenvalue weighted by Gasteiger charge is -2.34. The van der Waals surface area contributed by atoms with Gasteiger partial charge in [-0.2, -0.15) is 0 Å². The molecule has 2 heteroatoms. The molecule has 0 spiro atoms. The second kappa shape index (κ2) is 5.53. The van der Waals surface area contributed by atoms with E-state index < -0.39 is 0 Å². The van der Waals surface area contributed by atoms with E-state index in [0.29, 0.717) is 6.04 Å². The Morgan fingerprint density at radius 1 is 1.44 bits per heavy atom. The van der Waals surface area contributed by atoms with Crippen LogP contribution in [0, 0.1) is 11.8 Å². The standard InChI is InChI=1S/C14H23NO/c1-3-12-9-11(2)6-7-14(12)15-10-13-5-4-8-16-13/h4-5,8,11-12,14-15H,3,6-7,9-10H2,1-2H3. The molecule has 0 aliphatic heterocycles. The van der Waals surface area contributed by atoms with Gasteiger partial charge in [-0.3, -0.25) is 0 Å². The number of hydrogen-bond donors (Lipinski definition) is 1. The fourth-order valence-electron chi connectivity index (χ4n) is 2.86. The minimum atomic E-state index is 0.686. The van der Waals surface area contributed by atoms with Crippen LogP contribution in [0.3, 0.4) is 0 Å². The van der Waals surface area contributed by atoms with Crippen LogP contribution >= 0.6 is 0 Å². The molecule has 1 aromatic rings. The zero-order valence-electron chi connectivity index (χ0n) is 10.4. The lowest BCUT2D eigenvalue weighted by atomic mass is 9.77. The Bertz CT molecular complexity index is 294. The van der Waals surface area contributed by atoms with Gasteiger partial charge in [-0.05, 0) is 43.2 Å². The first-order valence-electron chi connectivity index (χ1n) is 6.55. The fourth-order valence-corrected chi connectivity index (χ4v) is 2.86. The van der Waals surface area contributed by atoms with Gasteiger partial charge < -0.3 is 9.73 Å². The van der Waals surface area contributed by atoms with Crippen LogP contribution in [0.25, 0.3) is 0 Å². The van der Waals surface area contributed by atoms with E-state index in [1.165, 1.54) is 25.7 Å². The van der Waals surface area contributed by atoms with Crippen molar-refractivity contribution in [1.82, 2.24) is 5.32 Å². The van der Waals surface area contributed by atoms with Gasteiger partial charge in [0.15, 0.2) is 0 Å². The highest BCUT2D eigenvalue weighted by Gasteiger charge is 2.26. The van der Waals surface area contributed by atoms with Crippen LogP contribution < -0.4 is 5.32 Å². The highest BCUT2D eigenvalue weighted by molar-refractivity contribution is 4.98. The summed E-state index contributed by atoms with van der Waals surface area (Å²) < 4.78 is 5.35. The first-order chi connectivity index (χ1) is 7.79. The molecule has 0 radical (unpaired) electrons. The molecule has 1 N–H and O–H groups in total. The summed E-state index contributed by atoms with van der Waals surface area (Å²) in [6, 6.07) is 4.68. The highest BCUT2D eigenvalue weighted by Crippen LogP contribution is 2.31. The van der Waals surface area contributed by atoms with E-state index in [-0.39, 0.29) is 0 Å². The molecule has 1 aromatic heterocycles. The summed E-state index contributed by atoms with van der Waals surface area (Å²) in [5.41, 5.74) is 0. The smallest absolute Gasteiger partial charge is 0.117 e. The summed E-state index contributed by atoms with van der Waals surface area (Å²) >= 11 is 0. The van der Waals surface area contributed by atoms with Gasteiger partial charge >= 0.3 is 0 Å². The first kappa shape index (κ1) is 11.7. The normalized spacial score (nSPS) is 30.5. The van der Waals surface area contributed by atoms with Crippen LogP contribution in [0.2, 0.25) is 0 Å². The third-order valence-electron chi connectivity index (χ3n) is 3.89. The van der Waals surface area contributed by atoms with E-state index in [9.17, 15) is 0 Å². The van der Waals surface area contributed by atoms with Crippen molar-refractivity contribution in [2.75, 3.05) is 0 Å². The Morgan fingerprint density at radius 3 is 3.00 bits per heavy atom. The van der Waals surface area contributed by atoms with Crippen LogP contribution in [-0.2, 0) is 6.54 Å². The summed E-state index contributed by atoms with van der Waals surface area (Å²) in [7, 11) is 0. The zero-order chi connectivity index (χ0) is 11.4. The van der Waals surface area contributed by atoms with E-state index in [2.05, 4.69) is 19.2 Å². The summed E-state index contributed by atoms with van der Waals surface area (Å²) in [6.45, 7) is 5.57. The molecule has 1 saturated carbocycles. The zero-order valence-corrected chi connectivity index (χ0v) is 10.4. The molecule has 2 rings (SSSR count). The first-order valence-corrected chi connectivity index (χ1v) is 6.55. The minimum absolute atomic E-state index is 0.686. The molecule has 3 atom stereocenters. The quantitative estimate of drug-likeness (QED) is 0.840. The summed E-state index contributed by atoms with van der Waals surface area (Å²) in [5.74, 6) is 2.80. The molecule has 0 amide bonds. The van der Waals surface area contributed by atoms with Crippen LogP contribution in [-0.4, -0.2) is 6.04 Å². The number of rotatable bonds is 4. The molecule has 16 heavy (non-hydrogen) atoms. The maximum atomic E-state index is 5.35. The lowest BCUT2D eigenvalue weighted by Crippen LogP contribution is -2.39. The van der Waals surface area contributed by atoms with Crippen LogP contribution in [0.4, 0.5) is 0 Å². The molecule has 1 fully saturated rings. The molecular formula is C14H23NO. The van der Waals surface area contributed by atoms with Gasteiger partial charge in [0.2, 0.25) is 0 Å². The van der Waals surface area contributed by atoms with Gasteiger partial charge in [-0.1, -0.05) is 20.3 Å². The second-order valence-corrected chi connectivity index (χ2v) is 5.15. The monoisotopic (exact) mass is 221 g/mol. The van der Waals surface area contributed by atoms with Crippen molar-refractivity contribution < 1.29 is 4.42 Å². The SMILES string of the molecule is CCC1CC(C)CCC1NCc1ccco1. The van der Waals surface area contributed by atoms with Gasteiger partial charge in [-0.15, -0.1) is 0 Å². The lowest BCUT2D eigenvalue weighted by molar-refractivity contribution is 0.204.